The van der Waals surface area contributed by atoms with Crippen LogP contribution in [-0.2, 0) is 0 Å². The van der Waals surface area contributed by atoms with E-state index in [4.69, 9.17) is 5.26 Å². The van der Waals surface area contributed by atoms with Crippen molar-refractivity contribution in [2.75, 3.05) is 0 Å². The molecule has 0 aromatic heterocycles. The van der Waals surface area contributed by atoms with Gasteiger partial charge >= 0.3 is 0 Å². The molecular weight excluding hydrogens is 122 g/mol. The molecule has 0 unspecified atom stereocenters. The summed E-state index contributed by atoms with van der Waals surface area (Å²) in [7, 11) is 0. The maximum atomic E-state index is 8.25. The lowest BCUT2D eigenvalue weighted by molar-refractivity contribution is 1.51. The van der Waals surface area contributed by atoms with Crippen LogP contribution in [0.5, 0.6) is 0 Å². The lowest BCUT2D eigenvalue weighted by Crippen LogP contribution is -1.62. The molecule has 0 N–H and O–H groups in total. The van der Waals surface area contributed by atoms with E-state index >= 15 is 0 Å². The SMILES string of the molecule is C=C/C=C\C=C/C(=C)C#N. The summed E-state index contributed by atoms with van der Waals surface area (Å²) in [5, 5.41) is 8.25. The van der Waals surface area contributed by atoms with Crippen LogP contribution in [0.3, 0.4) is 0 Å². The summed E-state index contributed by atoms with van der Waals surface area (Å²) in [6, 6.07) is 1.90. The van der Waals surface area contributed by atoms with E-state index in [1.165, 1.54) is 0 Å². The number of rotatable bonds is 3. The van der Waals surface area contributed by atoms with Gasteiger partial charge in [0, 0.05) is 5.57 Å². The molecule has 0 aliphatic carbocycles. The Kier molecular flexibility index (Phi) is 4.72. The van der Waals surface area contributed by atoms with Gasteiger partial charge in [-0.2, -0.15) is 5.26 Å². The normalized spacial score (nSPS) is 9.90. The van der Waals surface area contributed by atoms with Crippen molar-refractivity contribution in [1.82, 2.24) is 0 Å². The van der Waals surface area contributed by atoms with Crippen LogP contribution in [-0.4, -0.2) is 0 Å². The molecule has 1 nitrogen and oxygen atoms in total. The molecule has 1 heteroatoms. The van der Waals surface area contributed by atoms with Crippen molar-refractivity contribution >= 4 is 0 Å². The van der Waals surface area contributed by atoms with Crippen LogP contribution in [0.4, 0.5) is 0 Å². The summed E-state index contributed by atoms with van der Waals surface area (Å²) in [5.74, 6) is 0. The monoisotopic (exact) mass is 131 g/mol. The minimum atomic E-state index is 0.453. The molecule has 0 fully saturated rings. The number of hydrogen-bond donors (Lipinski definition) is 0. The molecule has 0 saturated carbocycles. The number of nitrogens with zero attached hydrogens (tertiary/aromatic N) is 1. The summed E-state index contributed by atoms with van der Waals surface area (Å²) in [5.41, 5.74) is 0.453. The van der Waals surface area contributed by atoms with Crippen LogP contribution in [0, 0.1) is 11.3 Å². The van der Waals surface area contributed by atoms with Crippen LogP contribution >= 0.6 is 0 Å². The minimum absolute atomic E-state index is 0.453. The third-order valence-electron chi connectivity index (χ3n) is 0.799. The summed E-state index contributed by atoms with van der Waals surface area (Å²) in [6.45, 7) is 6.95. The topological polar surface area (TPSA) is 23.8 Å². The van der Waals surface area contributed by atoms with E-state index in [0.29, 0.717) is 5.57 Å². The summed E-state index contributed by atoms with van der Waals surface area (Å²) in [6.07, 6.45) is 8.61. The van der Waals surface area contributed by atoms with Crippen molar-refractivity contribution in [3.63, 3.8) is 0 Å². The first-order chi connectivity index (χ1) is 4.81. The fraction of sp³-hybridized carbons (Fsp3) is 0. The third kappa shape index (κ3) is 4.61. The molecule has 0 aromatic carbocycles. The zero-order valence-corrected chi connectivity index (χ0v) is 5.75. The number of nitriles is 1. The highest BCUT2D eigenvalue weighted by Crippen LogP contribution is 1.88. The highest BCUT2D eigenvalue weighted by molar-refractivity contribution is 5.31. The van der Waals surface area contributed by atoms with Gasteiger partial charge in [0.15, 0.2) is 0 Å². The molecule has 10 heavy (non-hydrogen) atoms. The van der Waals surface area contributed by atoms with Gasteiger partial charge < -0.3 is 0 Å². The Morgan fingerprint density at radius 1 is 1.30 bits per heavy atom. The average Bonchev–Trinajstić information content (AvgIpc) is 1.98. The Balaban J connectivity index is 3.79. The molecule has 0 aromatic rings. The smallest absolute Gasteiger partial charge is 0.0985 e. The van der Waals surface area contributed by atoms with Gasteiger partial charge in [0.05, 0.1) is 6.07 Å². The van der Waals surface area contributed by atoms with Gasteiger partial charge in [-0.25, -0.2) is 0 Å². The first kappa shape index (κ1) is 8.45. The van der Waals surface area contributed by atoms with Gasteiger partial charge in [-0.3, -0.25) is 0 Å². The van der Waals surface area contributed by atoms with Gasteiger partial charge in [0.25, 0.3) is 0 Å². The molecule has 0 rings (SSSR count). The van der Waals surface area contributed by atoms with Crippen molar-refractivity contribution in [3.05, 3.63) is 49.1 Å². The molecule has 0 heterocycles. The zero-order chi connectivity index (χ0) is 7.82. The Bertz CT molecular complexity index is 213. The number of hydrogen-bond acceptors (Lipinski definition) is 1. The van der Waals surface area contributed by atoms with Crippen molar-refractivity contribution in [2.45, 2.75) is 0 Å². The molecule has 0 aliphatic rings. The van der Waals surface area contributed by atoms with E-state index < -0.39 is 0 Å². The fourth-order valence-corrected chi connectivity index (χ4v) is 0.352. The van der Waals surface area contributed by atoms with E-state index in [0.717, 1.165) is 0 Å². The van der Waals surface area contributed by atoms with Crippen LogP contribution in [0.1, 0.15) is 0 Å². The zero-order valence-electron chi connectivity index (χ0n) is 5.75. The van der Waals surface area contributed by atoms with Crippen LogP contribution in [0.25, 0.3) is 0 Å². The van der Waals surface area contributed by atoms with Gasteiger partial charge in [0.1, 0.15) is 0 Å². The second-order valence-electron chi connectivity index (χ2n) is 1.62. The van der Waals surface area contributed by atoms with Crippen LogP contribution in [0.15, 0.2) is 49.1 Å². The summed E-state index contributed by atoms with van der Waals surface area (Å²) in [4.78, 5) is 0. The molecule has 0 saturated heterocycles. The lowest BCUT2D eigenvalue weighted by Gasteiger charge is -1.75. The van der Waals surface area contributed by atoms with Crippen molar-refractivity contribution in [1.29, 1.82) is 5.26 Å². The minimum Gasteiger partial charge on any atom is -0.192 e. The summed E-state index contributed by atoms with van der Waals surface area (Å²) >= 11 is 0. The standard InChI is InChI=1S/C9H9N/c1-3-4-5-6-7-9(2)8-10/h3-7H,1-2H2/b5-4-,7-6-. The Hall–Kier alpha value is -1.55. The van der Waals surface area contributed by atoms with Gasteiger partial charge in [-0.1, -0.05) is 37.5 Å². The average molecular weight is 131 g/mol. The molecule has 0 spiro atoms. The molecule has 0 aliphatic heterocycles. The maximum absolute atomic E-state index is 8.25. The molecule has 0 bridgehead atoms. The van der Waals surface area contributed by atoms with E-state index in [-0.39, 0.29) is 0 Å². The van der Waals surface area contributed by atoms with Crippen LogP contribution in [0.2, 0.25) is 0 Å². The Labute approximate surface area is 61.3 Å². The molecule has 0 radical (unpaired) electrons. The number of allylic oxidation sites excluding steroid dienone is 6. The predicted octanol–water partition coefficient (Wildman–Crippen LogP) is 2.36. The highest BCUT2D eigenvalue weighted by Gasteiger charge is 1.75. The maximum Gasteiger partial charge on any atom is 0.0985 e. The van der Waals surface area contributed by atoms with E-state index in [1.807, 2.05) is 6.07 Å². The van der Waals surface area contributed by atoms with E-state index in [1.54, 1.807) is 30.4 Å². The fourth-order valence-electron chi connectivity index (χ4n) is 0.352. The van der Waals surface area contributed by atoms with Crippen LogP contribution < -0.4 is 0 Å². The largest absolute Gasteiger partial charge is 0.192 e. The van der Waals surface area contributed by atoms with Crippen molar-refractivity contribution < 1.29 is 0 Å². The molecule has 0 atom stereocenters. The van der Waals surface area contributed by atoms with Crippen molar-refractivity contribution in [3.8, 4) is 6.07 Å². The second kappa shape index (κ2) is 5.58. The van der Waals surface area contributed by atoms with E-state index in [9.17, 15) is 0 Å². The van der Waals surface area contributed by atoms with Gasteiger partial charge in [-0.05, 0) is 6.08 Å². The van der Waals surface area contributed by atoms with Gasteiger partial charge in [-0.15, -0.1) is 0 Å². The molecular formula is C9H9N. The first-order valence-corrected chi connectivity index (χ1v) is 2.86. The Morgan fingerprint density at radius 2 is 2.00 bits per heavy atom. The molecule has 0 amide bonds. The van der Waals surface area contributed by atoms with Crippen molar-refractivity contribution in [2.24, 2.45) is 0 Å². The van der Waals surface area contributed by atoms with Gasteiger partial charge in [0.2, 0.25) is 0 Å². The lowest BCUT2D eigenvalue weighted by atomic mass is 10.3. The second-order valence-corrected chi connectivity index (χ2v) is 1.62. The highest BCUT2D eigenvalue weighted by atomic mass is 14.2. The molecule has 50 valence electrons. The quantitative estimate of drug-likeness (QED) is 0.426. The first-order valence-electron chi connectivity index (χ1n) is 2.86. The summed E-state index contributed by atoms with van der Waals surface area (Å²) < 4.78 is 0. The third-order valence-corrected chi connectivity index (χ3v) is 0.799. The Morgan fingerprint density at radius 3 is 2.50 bits per heavy atom. The predicted molar refractivity (Wildman–Crippen MR) is 43.2 cm³/mol. The van der Waals surface area contributed by atoms with E-state index in [2.05, 4.69) is 13.2 Å².